The van der Waals surface area contributed by atoms with E-state index in [9.17, 15) is 4.39 Å². The lowest BCUT2D eigenvalue weighted by atomic mass is 10.1. The van der Waals surface area contributed by atoms with Crippen LogP contribution in [-0.2, 0) is 0 Å². The molecule has 0 unspecified atom stereocenters. The first-order valence-corrected chi connectivity index (χ1v) is 5.23. The SMILES string of the molecule is C=C(C#CC(C)C)/C=C(/CCC)C(=C)F. The summed E-state index contributed by atoms with van der Waals surface area (Å²) in [6.45, 7) is 13.1. The van der Waals surface area contributed by atoms with Crippen LogP contribution >= 0.6 is 0 Å². The molecule has 15 heavy (non-hydrogen) atoms. The summed E-state index contributed by atoms with van der Waals surface area (Å²) >= 11 is 0. The highest BCUT2D eigenvalue weighted by Gasteiger charge is 2.00. The smallest absolute Gasteiger partial charge is 0.119 e. The summed E-state index contributed by atoms with van der Waals surface area (Å²) in [5.41, 5.74) is 1.24. The lowest BCUT2D eigenvalue weighted by molar-refractivity contribution is 0.640. The molecule has 0 aliphatic rings. The first-order valence-electron chi connectivity index (χ1n) is 5.23. The van der Waals surface area contributed by atoms with Crippen molar-refractivity contribution in [2.45, 2.75) is 33.6 Å². The molecule has 0 rings (SSSR count). The van der Waals surface area contributed by atoms with E-state index in [0.29, 0.717) is 23.5 Å². The van der Waals surface area contributed by atoms with Gasteiger partial charge < -0.3 is 0 Å². The fourth-order valence-electron chi connectivity index (χ4n) is 1.04. The van der Waals surface area contributed by atoms with Gasteiger partial charge >= 0.3 is 0 Å². The molecule has 0 aromatic carbocycles. The summed E-state index contributed by atoms with van der Waals surface area (Å²) in [6, 6.07) is 0. The van der Waals surface area contributed by atoms with Crippen molar-refractivity contribution >= 4 is 0 Å². The maximum atomic E-state index is 13.0. The third-order valence-corrected chi connectivity index (χ3v) is 1.74. The van der Waals surface area contributed by atoms with E-state index in [1.165, 1.54) is 0 Å². The normalized spacial score (nSPS) is 10.9. The minimum absolute atomic E-state index is 0.304. The van der Waals surface area contributed by atoms with E-state index in [1.54, 1.807) is 6.08 Å². The van der Waals surface area contributed by atoms with Crippen LogP contribution in [0.3, 0.4) is 0 Å². The fraction of sp³-hybridized carbons (Fsp3) is 0.429. The monoisotopic (exact) mass is 206 g/mol. The van der Waals surface area contributed by atoms with Crippen molar-refractivity contribution in [3.8, 4) is 11.8 Å². The number of halogens is 1. The van der Waals surface area contributed by atoms with Crippen molar-refractivity contribution in [1.29, 1.82) is 0 Å². The predicted molar refractivity (Wildman–Crippen MR) is 65.0 cm³/mol. The van der Waals surface area contributed by atoms with Gasteiger partial charge in [0.05, 0.1) is 0 Å². The van der Waals surface area contributed by atoms with Crippen LogP contribution in [0.1, 0.15) is 33.6 Å². The maximum absolute atomic E-state index is 13.0. The molecule has 0 atom stereocenters. The standard InChI is InChI=1S/C14H19F/c1-6-7-14(13(5)15)10-12(4)9-8-11(2)3/h10-11H,4-7H2,1-3H3/b14-10-. The molecule has 0 amide bonds. The van der Waals surface area contributed by atoms with Gasteiger partial charge in [-0.05, 0) is 18.1 Å². The van der Waals surface area contributed by atoms with Crippen LogP contribution in [-0.4, -0.2) is 0 Å². The molecule has 82 valence electrons. The van der Waals surface area contributed by atoms with E-state index in [1.807, 2.05) is 20.8 Å². The quantitative estimate of drug-likeness (QED) is 0.472. The number of hydrogen-bond acceptors (Lipinski definition) is 0. The second-order valence-corrected chi connectivity index (χ2v) is 3.77. The van der Waals surface area contributed by atoms with E-state index in [4.69, 9.17) is 0 Å². The Balaban J connectivity index is 4.64. The van der Waals surface area contributed by atoms with Crippen molar-refractivity contribution in [2.75, 3.05) is 0 Å². The van der Waals surface area contributed by atoms with Crippen molar-refractivity contribution in [3.05, 3.63) is 36.2 Å². The van der Waals surface area contributed by atoms with Gasteiger partial charge in [0, 0.05) is 11.5 Å². The van der Waals surface area contributed by atoms with Crippen molar-refractivity contribution in [3.63, 3.8) is 0 Å². The molecule has 0 spiro atoms. The molecule has 0 aliphatic heterocycles. The van der Waals surface area contributed by atoms with Gasteiger partial charge in [0.15, 0.2) is 0 Å². The molecule has 0 nitrogen and oxygen atoms in total. The second kappa shape index (κ2) is 7.06. The summed E-state index contributed by atoms with van der Waals surface area (Å²) in [5.74, 6) is 5.80. The Kier molecular flexibility index (Phi) is 6.45. The van der Waals surface area contributed by atoms with E-state index in [-0.39, 0.29) is 5.83 Å². The number of hydrogen-bond donors (Lipinski definition) is 0. The van der Waals surface area contributed by atoms with Gasteiger partial charge in [0.2, 0.25) is 0 Å². The van der Waals surface area contributed by atoms with Gasteiger partial charge in [-0.15, -0.1) is 0 Å². The zero-order valence-corrected chi connectivity index (χ0v) is 9.86. The molecule has 0 radical (unpaired) electrons. The summed E-state index contributed by atoms with van der Waals surface area (Å²) in [7, 11) is 0. The molecule has 0 heterocycles. The van der Waals surface area contributed by atoms with Gasteiger partial charge in [-0.1, -0.05) is 52.2 Å². The van der Waals surface area contributed by atoms with Crippen LogP contribution in [0.2, 0.25) is 0 Å². The minimum Gasteiger partial charge on any atom is -0.207 e. The summed E-state index contributed by atoms with van der Waals surface area (Å²) in [6.07, 6.45) is 3.25. The highest BCUT2D eigenvalue weighted by atomic mass is 19.1. The van der Waals surface area contributed by atoms with Crippen LogP contribution in [0, 0.1) is 17.8 Å². The molecule has 0 N–H and O–H groups in total. The van der Waals surface area contributed by atoms with Gasteiger partial charge in [-0.2, -0.15) is 0 Å². The van der Waals surface area contributed by atoms with Gasteiger partial charge in [-0.25, -0.2) is 4.39 Å². The average molecular weight is 206 g/mol. The first kappa shape index (κ1) is 13.7. The predicted octanol–water partition coefficient (Wildman–Crippen LogP) is 4.41. The second-order valence-electron chi connectivity index (χ2n) is 3.77. The van der Waals surface area contributed by atoms with Crippen molar-refractivity contribution in [1.82, 2.24) is 0 Å². The molecule has 0 saturated heterocycles. The van der Waals surface area contributed by atoms with Crippen LogP contribution in [0.15, 0.2) is 36.2 Å². The van der Waals surface area contributed by atoms with E-state index < -0.39 is 0 Å². The molecular formula is C14H19F. The zero-order chi connectivity index (χ0) is 11.8. The van der Waals surface area contributed by atoms with E-state index >= 15 is 0 Å². The van der Waals surface area contributed by atoms with Crippen LogP contribution in [0.5, 0.6) is 0 Å². The largest absolute Gasteiger partial charge is 0.207 e. The molecule has 0 bridgehead atoms. The number of rotatable bonds is 4. The van der Waals surface area contributed by atoms with Crippen LogP contribution in [0.25, 0.3) is 0 Å². The Labute approximate surface area is 92.6 Å². The third kappa shape index (κ3) is 6.74. The molecule has 0 aromatic heterocycles. The average Bonchev–Trinajstić information content (AvgIpc) is 2.14. The molecular weight excluding hydrogens is 187 g/mol. The van der Waals surface area contributed by atoms with Gasteiger partial charge in [0.25, 0.3) is 0 Å². The van der Waals surface area contributed by atoms with Crippen LogP contribution < -0.4 is 0 Å². The minimum atomic E-state index is -0.385. The third-order valence-electron chi connectivity index (χ3n) is 1.74. The first-order chi connectivity index (χ1) is 6.97. The Morgan fingerprint density at radius 2 is 2.00 bits per heavy atom. The van der Waals surface area contributed by atoms with E-state index in [0.717, 1.165) is 6.42 Å². The number of allylic oxidation sites excluding steroid dienone is 4. The molecule has 0 aliphatic carbocycles. The van der Waals surface area contributed by atoms with Crippen molar-refractivity contribution in [2.24, 2.45) is 5.92 Å². The summed E-state index contributed by atoms with van der Waals surface area (Å²) in [5, 5.41) is 0. The van der Waals surface area contributed by atoms with Crippen molar-refractivity contribution < 1.29 is 4.39 Å². The highest BCUT2D eigenvalue weighted by molar-refractivity contribution is 5.41. The molecule has 0 aromatic rings. The highest BCUT2D eigenvalue weighted by Crippen LogP contribution is 2.17. The lowest BCUT2D eigenvalue weighted by Crippen LogP contribution is -1.85. The fourth-order valence-corrected chi connectivity index (χ4v) is 1.04. The Hall–Kier alpha value is -1.29. The Bertz CT molecular complexity index is 321. The zero-order valence-electron chi connectivity index (χ0n) is 9.86. The van der Waals surface area contributed by atoms with E-state index in [2.05, 4.69) is 25.0 Å². The topological polar surface area (TPSA) is 0 Å². The van der Waals surface area contributed by atoms with Gasteiger partial charge in [-0.3, -0.25) is 0 Å². The van der Waals surface area contributed by atoms with Crippen LogP contribution in [0.4, 0.5) is 4.39 Å². The Morgan fingerprint density at radius 1 is 1.40 bits per heavy atom. The molecule has 0 fully saturated rings. The Morgan fingerprint density at radius 3 is 2.40 bits per heavy atom. The molecule has 0 saturated carbocycles. The lowest BCUT2D eigenvalue weighted by Gasteiger charge is -2.01. The summed E-state index contributed by atoms with van der Waals surface area (Å²) < 4.78 is 13.0. The van der Waals surface area contributed by atoms with Gasteiger partial charge in [0.1, 0.15) is 5.83 Å². The molecule has 1 heteroatoms. The summed E-state index contributed by atoms with van der Waals surface area (Å²) in [4.78, 5) is 0. The maximum Gasteiger partial charge on any atom is 0.119 e.